The molecule has 1 aliphatic rings. The minimum atomic E-state index is -3.52. The van der Waals surface area contributed by atoms with E-state index >= 15 is 0 Å². The molecule has 0 spiro atoms. The minimum Gasteiger partial charge on any atom is -0.345 e. The summed E-state index contributed by atoms with van der Waals surface area (Å²) in [6.45, 7) is 3.19. The first-order valence-electron chi connectivity index (χ1n) is 9.42. The van der Waals surface area contributed by atoms with Gasteiger partial charge in [-0.25, -0.2) is 22.2 Å². The smallest absolute Gasteiger partial charge is 0.255 e. The van der Waals surface area contributed by atoms with Crippen LogP contribution in [0.1, 0.15) is 17.3 Å². The second-order valence-electron chi connectivity index (χ2n) is 6.88. The van der Waals surface area contributed by atoms with Crippen LogP contribution in [-0.4, -0.2) is 56.1 Å². The number of hydrogen-bond acceptors (Lipinski definition) is 6. The fourth-order valence-corrected chi connectivity index (χ4v) is 5.53. The number of rotatable bonds is 4. The lowest BCUT2D eigenvalue weighted by atomic mass is 10.2. The number of hydrogen-bond donors (Lipinski definition) is 0. The summed E-state index contributed by atoms with van der Waals surface area (Å²) < 4.78 is 52.3. The Hall–Kier alpha value is -2.59. The molecule has 1 aromatic heterocycles. The van der Waals surface area contributed by atoms with Crippen LogP contribution in [0.5, 0.6) is 0 Å². The van der Waals surface area contributed by atoms with Crippen molar-refractivity contribution in [2.24, 2.45) is 0 Å². The van der Waals surface area contributed by atoms with Crippen molar-refractivity contribution in [3.05, 3.63) is 53.6 Å². The third kappa shape index (κ3) is 3.65. The molecule has 3 aromatic rings. The van der Waals surface area contributed by atoms with Gasteiger partial charge in [0.25, 0.3) is 5.91 Å². The number of piperazine rings is 1. The zero-order valence-electron chi connectivity index (χ0n) is 16.1. The molecule has 158 valence electrons. The number of aromatic nitrogens is 1. The standard InChI is InChI=1S/C20H19F2N3O3S2/c1-2-30(27,28)16-6-4-3-5-13(16)19(26)24-9-11-25(12-10-24)20-23-15-8-7-14(21)17(22)18(15)29-20/h3-8H,2,9-12H2,1H3. The second kappa shape index (κ2) is 7.92. The van der Waals surface area contributed by atoms with Gasteiger partial charge >= 0.3 is 0 Å². The number of thiazole rings is 1. The molecular formula is C20H19F2N3O3S2. The van der Waals surface area contributed by atoms with Gasteiger partial charge in [-0.3, -0.25) is 4.79 Å². The Kier molecular flexibility index (Phi) is 5.46. The van der Waals surface area contributed by atoms with Gasteiger partial charge in [-0.15, -0.1) is 0 Å². The van der Waals surface area contributed by atoms with Crippen LogP contribution in [0.25, 0.3) is 10.2 Å². The number of carbonyl (C=O) groups excluding carboxylic acids is 1. The number of amides is 1. The summed E-state index contributed by atoms with van der Waals surface area (Å²) in [5.74, 6) is -2.23. The van der Waals surface area contributed by atoms with Crippen LogP contribution in [0, 0.1) is 11.6 Å². The van der Waals surface area contributed by atoms with E-state index in [2.05, 4.69) is 4.98 Å². The average Bonchev–Trinajstić information content (AvgIpc) is 3.21. The molecule has 0 atom stereocenters. The van der Waals surface area contributed by atoms with Gasteiger partial charge < -0.3 is 9.80 Å². The van der Waals surface area contributed by atoms with Crippen molar-refractivity contribution in [1.29, 1.82) is 0 Å². The lowest BCUT2D eigenvalue weighted by molar-refractivity contribution is 0.0743. The van der Waals surface area contributed by atoms with E-state index in [0.29, 0.717) is 36.8 Å². The van der Waals surface area contributed by atoms with Gasteiger partial charge in [0.15, 0.2) is 26.6 Å². The van der Waals surface area contributed by atoms with Crippen molar-refractivity contribution in [1.82, 2.24) is 9.88 Å². The first-order valence-corrected chi connectivity index (χ1v) is 11.9. The normalized spacial score (nSPS) is 15.0. The monoisotopic (exact) mass is 451 g/mol. The van der Waals surface area contributed by atoms with Crippen LogP contribution < -0.4 is 4.90 Å². The molecule has 1 aliphatic heterocycles. The summed E-state index contributed by atoms with van der Waals surface area (Å²) in [5, 5.41) is 0.565. The maximum atomic E-state index is 14.0. The largest absolute Gasteiger partial charge is 0.345 e. The highest BCUT2D eigenvalue weighted by Gasteiger charge is 2.28. The highest BCUT2D eigenvalue weighted by molar-refractivity contribution is 7.91. The Labute approximate surface area is 176 Å². The third-order valence-electron chi connectivity index (χ3n) is 5.11. The molecule has 0 N–H and O–H groups in total. The Morgan fingerprint density at radius 1 is 1.10 bits per heavy atom. The fraction of sp³-hybridized carbons (Fsp3) is 0.300. The number of halogens is 2. The Balaban J connectivity index is 1.52. The summed E-state index contributed by atoms with van der Waals surface area (Å²) in [6, 6.07) is 8.73. The summed E-state index contributed by atoms with van der Waals surface area (Å²) in [5.41, 5.74) is 0.566. The predicted octanol–water partition coefficient (Wildman–Crippen LogP) is 3.33. The van der Waals surface area contributed by atoms with Crippen LogP contribution in [0.4, 0.5) is 13.9 Å². The van der Waals surface area contributed by atoms with Crippen molar-refractivity contribution in [2.45, 2.75) is 11.8 Å². The fourth-order valence-electron chi connectivity index (χ4n) is 3.40. The Morgan fingerprint density at radius 3 is 2.50 bits per heavy atom. The molecule has 1 fully saturated rings. The zero-order valence-corrected chi connectivity index (χ0v) is 17.8. The summed E-state index contributed by atoms with van der Waals surface area (Å²) >= 11 is 1.08. The third-order valence-corrected chi connectivity index (χ3v) is 8.02. The highest BCUT2D eigenvalue weighted by Crippen LogP contribution is 2.32. The van der Waals surface area contributed by atoms with Gasteiger partial charge in [-0.1, -0.05) is 30.4 Å². The number of anilines is 1. The molecule has 0 aliphatic carbocycles. The van der Waals surface area contributed by atoms with Gasteiger partial charge in [0.1, 0.15) is 0 Å². The van der Waals surface area contributed by atoms with E-state index in [0.717, 1.165) is 17.4 Å². The van der Waals surface area contributed by atoms with Gasteiger partial charge in [-0.2, -0.15) is 0 Å². The zero-order chi connectivity index (χ0) is 21.5. The van der Waals surface area contributed by atoms with Gasteiger partial charge in [-0.05, 0) is 24.3 Å². The van der Waals surface area contributed by atoms with Crippen molar-refractivity contribution < 1.29 is 22.0 Å². The molecule has 2 heterocycles. The maximum Gasteiger partial charge on any atom is 0.255 e. The molecule has 30 heavy (non-hydrogen) atoms. The number of fused-ring (bicyclic) bond motifs is 1. The quantitative estimate of drug-likeness (QED) is 0.609. The number of carbonyl (C=O) groups is 1. The van der Waals surface area contributed by atoms with Crippen molar-refractivity contribution >= 4 is 42.4 Å². The van der Waals surface area contributed by atoms with Crippen molar-refractivity contribution in [3.63, 3.8) is 0 Å². The lowest BCUT2D eigenvalue weighted by Gasteiger charge is -2.34. The first kappa shape index (κ1) is 20.7. The predicted molar refractivity (Wildman–Crippen MR) is 112 cm³/mol. The molecule has 0 radical (unpaired) electrons. The van der Waals surface area contributed by atoms with Gasteiger partial charge in [0, 0.05) is 26.2 Å². The minimum absolute atomic E-state index is 0.0450. The van der Waals surface area contributed by atoms with Crippen molar-refractivity contribution in [3.8, 4) is 0 Å². The van der Waals surface area contributed by atoms with Crippen LogP contribution in [-0.2, 0) is 9.84 Å². The van der Waals surface area contributed by atoms with E-state index in [1.807, 2.05) is 4.90 Å². The summed E-state index contributed by atoms with van der Waals surface area (Å²) in [7, 11) is -3.52. The Bertz CT molecular complexity index is 1220. The summed E-state index contributed by atoms with van der Waals surface area (Å²) in [6.07, 6.45) is 0. The van der Waals surface area contributed by atoms with Crippen LogP contribution in [0.15, 0.2) is 41.3 Å². The maximum absolute atomic E-state index is 14.0. The molecule has 10 heteroatoms. The molecule has 0 bridgehead atoms. The van der Waals surface area contributed by atoms with Crippen LogP contribution in [0.2, 0.25) is 0 Å². The Morgan fingerprint density at radius 2 is 1.80 bits per heavy atom. The average molecular weight is 452 g/mol. The van der Waals surface area contributed by atoms with Crippen LogP contribution in [0.3, 0.4) is 0 Å². The van der Waals surface area contributed by atoms with E-state index in [-0.39, 0.29) is 26.8 Å². The summed E-state index contributed by atoms with van der Waals surface area (Å²) in [4.78, 5) is 20.9. The molecule has 0 saturated carbocycles. The first-order chi connectivity index (χ1) is 14.3. The van der Waals surface area contributed by atoms with E-state index in [4.69, 9.17) is 0 Å². The van der Waals surface area contributed by atoms with Gasteiger partial charge in [0.05, 0.1) is 26.4 Å². The molecule has 0 unspecified atom stereocenters. The van der Waals surface area contributed by atoms with Crippen molar-refractivity contribution in [2.75, 3.05) is 36.8 Å². The molecule has 1 amide bonds. The van der Waals surface area contributed by atoms with Crippen LogP contribution >= 0.6 is 11.3 Å². The molecule has 2 aromatic carbocycles. The molecule has 1 saturated heterocycles. The van der Waals surface area contributed by atoms with Gasteiger partial charge in [0.2, 0.25) is 0 Å². The van der Waals surface area contributed by atoms with E-state index in [1.165, 1.54) is 18.2 Å². The SMILES string of the molecule is CCS(=O)(=O)c1ccccc1C(=O)N1CCN(c2nc3ccc(F)c(F)c3s2)CC1. The van der Waals surface area contributed by atoms with E-state index in [9.17, 15) is 22.0 Å². The topological polar surface area (TPSA) is 70.6 Å². The second-order valence-corrected chi connectivity index (χ2v) is 10.1. The molecular weight excluding hydrogens is 432 g/mol. The number of nitrogens with zero attached hydrogens (tertiary/aromatic N) is 3. The van der Waals surface area contributed by atoms with E-state index < -0.39 is 21.5 Å². The molecule has 4 rings (SSSR count). The van der Waals surface area contributed by atoms with E-state index in [1.54, 1.807) is 24.0 Å². The number of benzene rings is 2. The number of sulfone groups is 1. The molecule has 6 nitrogen and oxygen atoms in total. The lowest BCUT2D eigenvalue weighted by Crippen LogP contribution is -2.49. The highest BCUT2D eigenvalue weighted by atomic mass is 32.2.